The molecule has 39 heavy (non-hydrogen) atoms. The molecule has 4 aromatic rings. The van der Waals surface area contributed by atoms with Crippen molar-refractivity contribution in [3.63, 3.8) is 0 Å². The third-order valence-corrected chi connectivity index (χ3v) is 5.18. The molecule has 0 saturated heterocycles. The van der Waals surface area contributed by atoms with Gasteiger partial charge in [0.25, 0.3) is 0 Å². The molecule has 0 bridgehead atoms. The molecule has 0 aromatic heterocycles. The number of carboxylic acid groups (broad SMARTS) is 4. The van der Waals surface area contributed by atoms with Gasteiger partial charge in [-0.25, -0.2) is 19.2 Å². The first-order chi connectivity index (χ1) is 18.6. The summed E-state index contributed by atoms with van der Waals surface area (Å²) in [6.07, 6.45) is 0. The van der Waals surface area contributed by atoms with Crippen LogP contribution in [0.25, 0.3) is 22.3 Å². The van der Waals surface area contributed by atoms with Gasteiger partial charge in [-0.1, -0.05) is 72.8 Å². The van der Waals surface area contributed by atoms with Crippen LogP contribution in [0.15, 0.2) is 97.1 Å². The Labute approximate surface area is 225 Å². The van der Waals surface area contributed by atoms with Gasteiger partial charge >= 0.3 is 35.4 Å². The predicted molar refractivity (Wildman–Crippen MR) is 141 cm³/mol. The van der Waals surface area contributed by atoms with Crippen molar-refractivity contribution in [1.29, 1.82) is 0 Å². The van der Waals surface area contributed by atoms with Gasteiger partial charge in [0.15, 0.2) is 0 Å². The van der Waals surface area contributed by atoms with E-state index >= 15 is 0 Å². The molecule has 4 aromatic carbocycles. The number of carboxylic acids is 4. The van der Waals surface area contributed by atoms with Gasteiger partial charge in [0.2, 0.25) is 0 Å². The lowest BCUT2D eigenvalue weighted by molar-refractivity contribution is 0.0651. The van der Waals surface area contributed by atoms with Crippen LogP contribution in [0.3, 0.4) is 0 Å². The van der Waals surface area contributed by atoms with Crippen LogP contribution in [0, 0.1) is 0 Å². The highest BCUT2D eigenvalue weighted by Crippen LogP contribution is 2.24. The van der Waals surface area contributed by atoms with Crippen molar-refractivity contribution in [2.75, 3.05) is 0 Å². The van der Waals surface area contributed by atoms with Crippen molar-refractivity contribution < 1.29 is 48.0 Å². The van der Waals surface area contributed by atoms with Crippen molar-refractivity contribution in [2.24, 2.45) is 0 Å². The number of hydrogen-bond acceptors (Lipinski definition) is 6. The lowest BCUT2D eigenvalue weighted by atomic mass is 9.99. The van der Waals surface area contributed by atoms with Crippen molar-refractivity contribution in [3.8, 4) is 22.3 Å². The molecule has 0 saturated carbocycles. The van der Waals surface area contributed by atoms with Gasteiger partial charge in [-0.3, -0.25) is 0 Å². The molecular formula is C28H20O10S. The van der Waals surface area contributed by atoms with E-state index in [4.69, 9.17) is 28.8 Å². The maximum Gasteiger partial charge on any atom is 0.336 e. The third kappa shape index (κ3) is 8.30. The Morgan fingerprint density at radius 2 is 0.692 bits per heavy atom. The maximum atomic E-state index is 11.0. The first kappa shape index (κ1) is 29.8. The molecule has 0 radical (unpaired) electrons. The molecule has 0 aliphatic rings. The molecule has 0 aliphatic carbocycles. The zero-order valence-corrected chi connectivity index (χ0v) is 20.7. The zero-order chi connectivity index (χ0) is 28.9. The fourth-order valence-electron chi connectivity index (χ4n) is 3.44. The Kier molecular flexibility index (Phi) is 11.0. The minimum atomic E-state index is -1.25. The third-order valence-electron chi connectivity index (χ3n) is 5.18. The standard InChI is InChI=1S/2C14H10O4.O2S/c2*15-13(16)11-7-6-10(8-12(11)14(17)18)9-4-2-1-3-5-9;1-3-2/h2*1-8H,(H,15,16)(H,17,18);. The maximum absolute atomic E-state index is 11.0. The molecule has 4 N–H and O–H groups in total. The fraction of sp³-hybridized carbons (Fsp3) is 0. The average Bonchev–Trinajstić information content (AvgIpc) is 2.94. The smallest absolute Gasteiger partial charge is 0.336 e. The molecule has 11 heteroatoms. The second-order valence-electron chi connectivity index (χ2n) is 7.54. The molecule has 0 aliphatic heterocycles. The van der Waals surface area contributed by atoms with Gasteiger partial charge in [0.05, 0.1) is 22.3 Å². The van der Waals surface area contributed by atoms with Crippen molar-refractivity contribution in [1.82, 2.24) is 0 Å². The second-order valence-corrected chi connectivity index (χ2v) is 7.68. The first-order valence-corrected chi connectivity index (χ1v) is 11.5. The highest BCUT2D eigenvalue weighted by Gasteiger charge is 2.17. The van der Waals surface area contributed by atoms with E-state index in [2.05, 4.69) is 0 Å². The zero-order valence-electron chi connectivity index (χ0n) is 19.9. The molecule has 198 valence electrons. The summed E-state index contributed by atoms with van der Waals surface area (Å²) in [7, 11) is 0. The van der Waals surface area contributed by atoms with E-state index in [1.54, 1.807) is 12.1 Å². The highest BCUT2D eigenvalue weighted by atomic mass is 32.1. The highest BCUT2D eigenvalue weighted by molar-refractivity contribution is 7.51. The molecule has 4 rings (SSSR count). The van der Waals surface area contributed by atoms with Crippen LogP contribution in [0.2, 0.25) is 0 Å². The summed E-state index contributed by atoms with van der Waals surface area (Å²) in [6, 6.07) is 27.0. The van der Waals surface area contributed by atoms with Crippen molar-refractivity contribution in [3.05, 3.63) is 119 Å². The van der Waals surface area contributed by atoms with Crippen LogP contribution in [0.5, 0.6) is 0 Å². The minimum Gasteiger partial charge on any atom is -0.478 e. The average molecular weight is 549 g/mol. The van der Waals surface area contributed by atoms with Gasteiger partial charge in [-0.15, -0.1) is 0 Å². The molecule has 0 fully saturated rings. The lowest BCUT2D eigenvalue weighted by Crippen LogP contribution is -2.07. The van der Waals surface area contributed by atoms with Crippen LogP contribution >= 0.6 is 0 Å². The van der Waals surface area contributed by atoms with Crippen LogP contribution in [-0.4, -0.2) is 52.7 Å². The minimum absolute atomic E-state index is 0.205. The summed E-state index contributed by atoms with van der Waals surface area (Å²) in [6.45, 7) is 0. The first-order valence-electron chi connectivity index (χ1n) is 10.8. The number of benzene rings is 4. The molecule has 0 heterocycles. The fourth-order valence-corrected chi connectivity index (χ4v) is 3.44. The molecule has 0 unspecified atom stereocenters. The van der Waals surface area contributed by atoms with E-state index in [0.29, 0.717) is 11.1 Å². The second kappa shape index (κ2) is 14.4. The Morgan fingerprint density at radius 3 is 0.949 bits per heavy atom. The van der Waals surface area contributed by atoms with E-state index < -0.39 is 35.4 Å². The van der Waals surface area contributed by atoms with Crippen LogP contribution in [-0.2, 0) is 11.6 Å². The Hall–Kier alpha value is -5.42. The molecule has 0 spiro atoms. The van der Waals surface area contributed by atoms with Crippen LogP contribution in [0.4, 0.5) is 0 Å². The van der Waals surface area contributed by atoms with Gasteiger partial charge in [0, 0.05) is 0 Å². The summed E-state index contributed by atoms with van der Waals surface area (Å²) in [4.78, 5) is 43.9. The normalized spacial score (nSPS) is 9.54. The Morgan fingerprint density at radius 1 is 0.410 bits per heavy atom. The summed E-state index contributed by atoms with van der Waals surface area (Å²) >= 11 is -0.750. The van der Waals surface area contributed by atoms with Crippen LogP contribution < -0.4 is 0 Å². The van der Waals surface area contributed by atoms with Crippen molar-refractivity contribution in [2.45, 2.75) is 0 Å². The Balaban J connectivity index is 0.000000249. The van der Waals surface area contributed by atoms with E-state index in [-0.39, 0.29) is 22.3 Å². The topological polar surface area (TPSA) is 183 Å². The van der Waals surface area contributed by atoms with Gasteiger partial charge in [-0.05, 0) is 46.5 Å². The van der Waals surface area contributed by atoms with E-state index in [1.807, 2.05) is 60.7 Å². The molecule has 0 amide bonds. The monoisotopic (exact) mass is 548 g/mol. The van der Waals surface area contributed by atoms with Gasteiger partial charge < -0.3 is 20.4 Å². The van der Waals surface area contributed by atoms with Crippen molar-refractivity contribution >= 4 is 35.4 Å². The number of rotatable bonds is 6. The Bertz CT molecular complexity index is 1420. The van der Waals surface area contributed by atoms with Gasteiger partial charge in [-0.2, -0.15) is 8.42 Å². The molecule has 0 atom stereocenters. The number of hydrogen-bond donors (Lipinski definition) is 4. The quantitative estimate of drug-likeness (QED) is 0.260. The largest absolute Gasteiger partial charge is 0.478 e. The van der Waals surface area contributed by atoms with E-state index in [0.717, 1.165) is 11.1 Å². The summed E-state index contributed by atoms with van der Waals surface area (Å²) in [5, 5.41) is 35.9. The molecule has 10 nitrogen and oxygen atoms in total. The summed E-state index contributed by atoms with van der Waals surface area (Å²) in [5.74, 6) is -4.98. The van der Waals surface area contributed by atoms with Crippen LogP contribution in [0.1, 0.15) is 41.4 Å². The predicted octanol–water partition coefficient (Wildman–Crippen LogP) is 4.83. The summed E-state index contributed by atoms with van der Waals surface area (Å²) < 4.78 is 16.6. The summed E-state index contributed by atoms with van der Waals surface area (Å²) in [5.41, 5.74) is 2.22. The van der Waals surface area contributed by atoms with E-state index in [9.17, 15) is 19.2 Å². The van der Waals surface area contributed by atoms with Gasteiger partial charge in [0.1, 0.15) is 0 Å². The number of aromatic carboxylic acids is 4. The number of carbonyl (C=O) groups is 4. The molecular weight excluding hydrogens is 528 g/mol. The lowest BCUT2D eigenvalue weighted by Gasteiger charge is -2.06. The van der Waals surface area contributed by atoms with E-state index in [1.165, 1.54) is 24.3 Å². The SMILES string of the molecule is O=C(O)c1ccc(-c2ccccc2)cc1C(=O)O.O=C(O)c1ccc(-c2ccccc2)cc1C(=O)O.O=S=O.